The second kappa shape index (κ2) is 11.7. The number of nitrogens with one attached hydrogen (secondary N) is 1. The Morgan fingerprint density at radius 3 is 2.35 bits per heavy atom. The van der Waals surface area contributed by atoms with Crippen molar-refractivity contribution in [3.8, 4) is 17.0 Å². The normalized spacial score (nSPS) is 17.8. The lowest BCUT2D eigenvalue weighted by Gasteiger charge is -2.45. The minimum absolute atomic E-state index is 0.0915. The Morgan fingerprint density at radius 2 is 1.70 bits per heavy atom. The molecule has 6 nitrogen and oxygen atoms in total. The Kier molecular flexibility index (Phi) is 8.37. The van der Waals surface area contributed by atoms with Gasteiger partial charge < -0.3 is 19.5 Å². The molecule has 196 valence electrons. The first kappa shape index (κ1) is 26.5. The maximum atomic E-state index is 13.9. The van der Waals surface area contributed by atoms with Crippen LogP contribution in [-0.4, -0.2) is 46.0 Å². The Balaban J connectivity index is 1.66. The molecule has 37 heavy (non-hydrogen) atoms. The van der Waals surface area contributed by atoms with Crippen LogP contribution in [0, 0.1) is 0 Å². The van der Waals surface area contributed by atoms with Crippen LogP contribution in [0.5, 0.6) is 5.75 Å². The van der Waals surface area contributed by atoms with Gasteiger partial charge in [0.25, 0.3) is 5.91 Å². The summed E-state index contributed by atoms with van der Waals surface area (Å²) >= 11 is 0. The summed E-state index contributed by atoms with van der Waals surface area (Å²) in [6.07, 6.45) is 3.43. The monoisotopic (exact) mass is 501 g/mol. The first-order chi connectivity index (χ1) is 17.9. The molecule has 6 heteroatoms. The van der Waals surface area contributed by atoms with Crippen LogP contribution in [0.2, 0.25) is 0 Å². The molecule has 1 N–H and O–H groups in total. The van der Waals surface area contributed by atoms with Gasteiger partial charge >= 0.3 is 0 Å². The Labute approximate surface area is 220 Å². The van der Waals surface area contributed by atoms with Gasteiger partial charge in [-0.15, -0.1) is 0 Å². The molecule has 1 aliphatic rings. The molecular formula is C31H39N3O3. The molecule has 1 aromatic heterocycles. The van der Waals surface area contributed by atoms with E-state index in [1.807, 2.05) is 85.1 Å². The van der Waals surface area contributed by atoms with Crippen LogP contribution in [-0.2, 0) is 17.8 Å². The van der Waals surface area contributed by atoms with Crippen molar-refractivity contribution in [1.82, 2.24) is 14.8 Å². The fourth-order valence-corrected chi connectivity index (χ4v) is 5.21. The summed E-state index contributed by atoms with van der Waals surface area (Å²) in [5.41, 5.74) is 2.69. The lowest BCUT2D eigenvalue weighted by Crippen LogP contribution is -2.65. The van der Waals surface area contributed by atoms with Gasteiger partial charge in [0, 0.05) is 18.3 Å². The standard InChI is InChI=1S/C31H39N3O3/c1-5-11-25(6-2)32-30(36)31(4)22-33-27(24-12-9-8-10-13-24)18-19-28(33)29(35)34(31)21-20-23-14-16-26(17-15-23)37-7-3/h8-10,12-19,25H,5-7,11,20-22H2,1-4H3,(H,32,36). The van der Waals surface area contributed by atoms with Crippen LogP contribution in [0.4, 0.5) is 0 Å². The summed E-state index contributed by atoms with van der Waals surface area (Å²) in [5.74, 6) is 0.629. The van der Waals surface area contributed by atoms with Gasteiger partial charge in [0.15, 0.2) is 0 Å². The first-order valence-corrected chi connectivity index (χ1v) is 13.5. The number of fused-ring (bicyclic) bond motifs is 1. The Morgan fingerprint density at radius 1 is 1.00 bits per heavy atom. The number of carbonyl (C=O) groups excluding carboxylic acids is 2. The number of rotatable bonds is 11. The van der Waals surface area contributed by atoms with Crippen LogP contribution < -0.4 is 10.1 Å². The topological polar surface area (TPSA) is 63.6 Å². The Bertz CT molecular complexity index is 1200. The summed E-state index contributed by atoms with van der Waals surface area (Å²) in [5, 5.41) is 3.27. The molecule has 2 unspecified atom stereocenters. The fraction of sp³-hybridized carbons (Fsp3) is 0.419. The predicted octanol–water partition coefficient (Wildman–Crippen LogP) is 5.71. The van der Waals surface area contributed by atoms with Crippen molar-refractivity contribution < 1.29 is 14.3 Å². The SMILES string of the molecule is CCCC(CC)NC(=O)C1(C)Cn2c(ccc2-c2ccccc2)C(=O)N1CCc1ccc(OCC)cc1. The average molecular weight is 502 g/mol. The van der Waals surface area contributed by atoms with Crippen molar-refractivity contribution in [3.63, 3.8) is 0 Å². The number of hydrogen-bond acceptors (Lipinski definition) is 3. The van der Waals surface area contributed by atoms with E-state index >= 15 is 0 Å². The van der Waals surface area contributed by atoms with Crippen molar-refractivity contribution in [3.05, 3.63) is 78.0 Å². The van der Waals surface area contributed by atoms with Crippen LogP contribution >= 0.6 is 0 Å². The lowest BCUT2D eigenvalue weighted by molar-refractivity contribution is -0.133. The molecule has 0 saturated heterocycles. The van der Waals surface area contributed by atoms with E-state index in [1.54, 1.807) is 4.90 Å². The molecule has 2 heterocycles. The number of carbonyl (C=O) groups is 2. The van der Waals surface area contributed by atoms with Crippen LogP contribution in [0.25, 0.3) is 11.3 Å². The molecule has 4 rings (SSSR count). The van der Waals surface area contributed by atoms with Crippen molar-refractivity contribution in [2.75, 3.05) is 13.2 Å². The Hall–Kier alpha value is -3.54. The van der Waals surface area contributed by atoms with E-state index in [0.717, 1.165) is 41.8 Å². The predicted molar refractivity (Wildman–Crippen MR) is 148 cm³/mol. The smallest absolute Gasteiger partial charge is 0.271 e. The minimum Gasteiger partial charge on any atom is -0.494 e. The molecule has 2 atom stereocenters. The molecular weight excluding hydrogens is 462 g/mol. The van der Waals surface area contributed by atoms with Gasteiger partial charge in [0.05, 0.1) is 13.2 Å². The van der Waals surface area contributed by atoms with Gasteiger partial charge in [-0.05, 0) is 68.5 Å². The van der Waals surface area contributed by atoms with Crippen LogP contribution in [0.3, 0.4) is 0 Å². The van der Waals surface area contributed by atoms with Gasteiger partial charge in [0.2, 0.25) is 5.91 Å². The highest BCUT2D eigenvalue weighted by molar-refractivity contribution is 6.00. The highest BCUT2D eigenvalue weighted by atomic mass is 16.5. The summed E-state index contributed by atoms with van der Waals surface area (Å²) < 4.78 is 7.58. The summed E-state index contributed by atoms with van der Waals surface area (Å²) in [7, 11) is 0. The first-order valence-electron chi connectivity index (χ1n) is 13.5. The van der Waals surface area contributed by atoms with E-state index in [9.17, 15) is 9.59 Å². The fourth-order valence-electron chi connectivity index (χ4n) is 5.21. The van der Waals surface area contributed by atoms with Crippen molar-refractivity contribution in [2.45, 2.75) is 71.5 Å². The number of aromatic nitrogens is 1. The van der Waals surface area contributed by atoms with E-state index in [2.05, 4.69) is 19.2 Å². The molecule has 3 aromatic rings. The van der Waals surface area contributed by atoms with Crippen molar-refractivity contribution >= 4 is 11.8 Å². The zero-order valence-electron chi connectivity index (χ0n) is 22.5. The maximum absolute atomic E-state index is 13.9. The highest BCUT2D eigenvalue weighted by Gasteiger charge is 2.47. The van der Waals surface area contributed by atoms with E-state index in [4.69, 9.17) is 4.74 Å². The van der Waals surface area contributed by atoms with Gasteiger partial charge in [0.1, 0.15) is 17.0 Å². The number of amides is 2. The average Bonchev–Trinajstić information content (AvgIpc) is 3.33. The molecule has 2 amide bonds. The third kappa shape index (κ3) is 5.58. The van der Waals surface area contributed by atoms with Crippen LogP contribution in [0.15, 0.2) is 66.7 Å². The van der Waals surface area contributed by atoms with E-state index in [0.29, 0.717) is 31.8 Å². The lowest BCUT2D eigenvalue weighted by atomic mass is 9.92. The summed E-state index contributed by atoms with van der Waals surface area (Å²) in [6.45, 7) is 9.57. The third-order valence-corrected chi connectivity index (χ3v) is 7.39. The quantitative estimate of drug-likeness (QED) is 0.366. The van der Waals surface area contributed by atoms with E-state index in [1.165, 1.54) is 0 Å². The largest absolute Gasteiger partial charge is 0.494 e. The van der Waals surface area contributed by atoms with E-state index in [-0.39, 0.29) is 17.9 Å². The van der Waals surface area contributed by atoms with Gasteiger partial charge in [-0.1, -0.05) is 62.7 Å². The molecule has 0 aliphatic carbocycles. The number of benzene rings is 2. The summed E-state index contributed by atoms with van der Waals surface area (Å²) in [4.78, 5) is 29.6. The third-order valence-electron chi connectivity index (χ3n) is 7.39. The van der Waals surface area contributed by atoms with Crippen LogP contribution in [0.1, 0.15) is 63.0 Å². The number of hydrogen-bond donors (Lipinski definition) is 1. The number of nitrogens with zero attached hydrogens (tertiary/aromatic N) is 2. The minimum atomic E-state index is -1.01. The van der Waals surface area contributed by atoms with Gasteiger partial charge in [-0.2, -0.15) is 0 Å². The molecule has 1 aliphatic heterocycles. The zero-order valence-corrected chi connectivity index (χ0v) is 22.5. The van der Waals surface area contributed by atoms with Crippen molar-refractivity contribution in [2.24, 2.45) is 0 Å². The zero-order chi connectivity index (χ0) is 26.4. The maximum Gasteiger partial charge on any atom is 0.271 e. The van der Waals surface area contributed by atoms with Crippen molar-refractivity contribution in [1.29, 1.82) is 0 Å². The molecule has 0 fully saturated rings. The molecule has 2 aromatic carbocycles. The second-order valence-electron chi connectivity index (χ2n) is 9.98. The van der Waals surface area contributed by atoms with Gasteiger partial charge in [-0.3, -0.25) is 9.59 Å². The highest BCUT2D eigenvalue weighted by Crippen LogP contribution is 2.33. The molecule has 0 bridgehead atoms. The van der Waals surface area contributed by atoms with Gasteiger partial charge in [-0.25, -0.2) is 0 Å². The number of ether oxygens (including phenoxy) is 1. The molecule has 0 saturated carbocycles. The second-order valence-corrected chi connectivity index (χ2v) is 9.98. The summed E-state index contributed by atoms with van der Waals surface area (Å²) in [6, 6.07) is 22.0. The molecule has 0 radical (unpaired) electrons. The molecule has 0 spiro atoms. The van der Waals surface area contributed by atoms with E-state index < -0.39 is 5.54 Å².